The summed E-state index contributed by atoms with van der Waals surface area (Å²) in [6.07, 6.45) is 1.60. The third kappa shape index (κ3) is 6.07. The predicted octanol–water partition coefficient (Wildman–Crippen LogP) is 1.43. The number of nitrogens with zero attached hydrogens (tertiary/aromatic N) is 1. The Balaban J connectivity index is 1.97. The van der Waals surface area contributed by atoms with Crippen molar-refractivity contribution in [3.05, 3.63) is 40.4 Å². The smallest absolute Gasteiger partial charge is 0.338 e. The third-order valence-corrected chi connectivity index (χ3v) is 6.75. The van der Waals surface area contributed by atoms with Gasteiger partial charge in [0.2, 0.25) is 15.9 Å². The maximum atomic E-state index is 12.4. The molecule has 0 spiro atoms. The summed E-state index contributed by atoms with van der Waals surface area (Å²) in [6, 6.07) is 4.26. The average molecular weight is 457 g/mol. The van der Waals surface area contributed by atoms with Gasteiger partial charge in [0.25, 0.3) is 0 Å². The molecular formula is C19H24N2O7S2. The molecule has 1 amide bonds. The van der Waals surface area contributed by atoms with E-state index >= 15 is 0 Å². The van der Waals surface area contributed by atoms with E-state index in [-0.39, 0.29) is 41.8 Å². The largest absolute Gasteiger partial charge is 0.466 e. The highest BCUT2D eigenvalue weighted by atomic mass is 32.2. The lowest BCUT2D eigenvalue weighted by atomic mass is 10.1. The zero-order chi connectivity index (χ0) is 22.3. The van der Waals surface area contributed by atoms with Gasteiger partial charge in [0.1, 0.15) is 0 Å². The number of sulfonamides is 1. The van der Waals surface area contributed by atoms with Crippen LogP contribution in [0.25, 0.3) is 0 Å². The SMILES string of the molecule is CCNS(=O)(=O)c1ccc(C)c(C(=O)OCCCN2C(=O)CS/C2=C\C(=O)OC)c1. The number of esters is 2. The Hall–Kier alpha value is -2.37. The highest BCUT2D eigenvalue weighted by Gasteiger charge is 2.27. The summed E-state index contributed by atoms with van der Waals surface area (Å²) >= 11 is 1.24. The van der Waals surface area contributed by atoms with Gasteiger partial charge in [0.05, 0.1) is 41.0 Å². The van der Waals surface area contributed by atoms with Crippen LogP contribution in [0.3, 0.4) is 0 Å². The second kappa shape index (κ2) is 10.6. The van der Waals surface area contributed by atoms with Crippen LogP contribution in [0.5, 0.6) is 0 Å². The molecule has 11 heteroatoms. The Morgan fingerprint density at radius 3 is 2.73 bits per heavy atom. The Kier molecular flexibility index (Phi) is 8.44. The molecule has 1 fully saturated rings. The first-order chi connectivity index (χ1) is 14.2. The Morgan fingerprint density at radius 1 is 1.33 bits per heavy atom. The van der Waals surface area contributed by atoms with E-state index in [1.165, 1.54) is 42.0 Å². The average Bonchev–Trinajstić information content (AvgIpc) is 3.04. The van der Waals surface area contributed by atoms with Crippen LogP contribution in [-0.2, 0) is 29.1 Å². The lowest BCUT2D eigenvalue weighted by molar-refractivity contribution is -0.134. The number of nitrogens with one attached hydrogen (secondary N) is 1. The molecule has 1 aromatic carbocycles. The molecule has 1 aliphatic heterocycles. The molecule has 9 nitrogen and oxygen atoms in total. The topological polar surface area (TPSA) is 119 Å². The monoisotopic (exact) mass is 456 g/mol. The van der Waals surface area contributed by atoms with Crippen molar-refractivity contribution in [2.24, 2.45) is 0 Å². The minimum atomic E-state index is -3.69. The number of amides is 1. The van der Waals surface area contributed by atoms with E-state index in [1.54, 1.807) is 19.9 Å². The lowest BCUT2D eigenvalue weighted by Gasteiger charge is -2.17. The van der Waals surface area contributed by atoms with Crippen molar-refractivity contribution >= 4 is 39.6 Å². The summed E-state index contributed by atoms with van der Waals surface area (Å²) in [5.41, 5.74) is 0.748. The van der Waals surface area contributed by atoms with Crippen LogP contribution in [0.2, 0.25) is 0 Å². The van der Waals surface area contributed by atoms with E-state index < -0.39 is 22.0 Å². The van der Waals surface area contributed by atoms with Crippen molar-refractivity contribution in [3.63, 3.8) is 0 Å². The van der Waals surface area contributed by atoms with Crippen LogP contribution in [-0.4, -0.2) is 63.7 Å². The molecular weight excluding hydrogens is 432 g/mol. The molecule has 0 bridgehead atoms. The summed E-state index contributed by atoms with van der Waals surface area (Å²) < 4.78 is 36.5. The Bertz CT molecular complexity index is 958. The number of carbonyl (C=O) groups excluding carboxylic acids is 3. The van der Waals surface area contributed by atoms with Gasteiger partial charge in [0, 0.05) is 13.1 Å². The number of hydrogen-bond acceptors (Lipinski definition) is 8. The summed E-state index contributed by atoms with van der Waals surface area (Å²) in [4.78, 5) is 37.2. The van der Waals surface area contributed by atoms with Crippen LogP contribution in [0, 0.1) is 6.92 Å². The van der Waals surface area contributed by atoms with E-state index in [0.29, 0.717) is 17.0 Å². The fraction of sp³-hybridized carbons (Fsp3) is 0.421. The van der Waals surface area contributed by atoms with Crippen LogP contribution in [0.15, 0.2) is 34.2 Å². The summed E-state index contributed by atoms with van der Waals surface area (Å²) in [5.74, 6) is -1.10. The number of rotatable bonds is 9. The number of ether oxygens (including phenoxy) is 2. The van der Waals surface area contributed by atoms with Crippen molar-refractivity contribution in [1.29, 1.82) is 0 Å². The fourth-order valence-electron chi connectivity index (χ4n) is 2.66. The van der Waals surface area contributed by atoms with Gasteiger partial charge in [-0.3, -0.25) is 4.79 Å². The highest BCUT2D eigenvalue weighted by Crippen LogP contribution is 2.28. The molecule has 0 radical (unpaired) electrons. The number of benzene rings is 1. The Morgan fingerprint density at radius 2 is 2.07 bits per heavy atom. The first-order valence-corrected chi connectivity index (χ1v) is 11.7. The molecule has 1 N–H and O–H groups in total. The standard InChI is InChI=1S/C19H24N2O7S2/c1-4-20-30(25,26)14-7-6-13(2)15(10-14)19(24)28-9-5-8-21-16(22)12-29-17(21)11-18(23)27-3/h6-7,10-11,20H,4-5,8-9,12H2,1-3H3/b17-11-. The van der Waals surface area contributed by atoms with E-state index in [0.717, 1.165) is 0 Å². The summed E-state index contributed by atoms with van der Waals surface area (Å²) in [5, 5.41) is 0.496. The van der Waals surface area contributed by atoms with Gasteiger partial charge in [-0.25, -0.2) is 22.7 Å². The van der Waals surface area contributed by atoms with Gasteiger partial charge in [-0.1, -0.05) is 24.8 Å². The number of thioether (sulfide) groups is 1. The molecule has 1 heterocycles. The van der Waals surface area contributed by atoms with Crippen LogP contribution < -0.4 is 4.72 Å². The molecule has 1 saturated heterocycles. The Labute approximate surface area is 179 Å². The van der Waals surface area contributed by atoms with Crippen molar-refractivity contribution in [3.8, 4) is 0 Å². The van der Waals surface area contributed by atoms with Gasteiger partial charge in [0.15, 0.2) is 0 Å². The van der Waals surface area contributed by atoms with Gasteiger partial charge >= 0.3 is 11.9 Å². The van der Waals surface area contributed by atoms with Crippen molar-refractivity contribution in [1.82, 2.24) is 9.62 Å². The molecule has 2 rings (SSSR count). The highest BCUT2D eigenvalue weighted by molar-refractivity contribution is 8.04. The van der Waals surface area contributed by atoms with Crippen molar-refractivity contribution in [2.75, 3.05) is 32.6 Å². The molecule has 0 aromatic heterocycles. The number of carbonyl (C=O) groups is 3. The van der Waals surface area contributed by atoms with Crippen molar-refractivity contribution < 1.29 is 32.3 Å². The second-order valence-corrected chi connectivity index (χ2v) is 9.07. The first-order valence-electron chi connectivity index (χ1n) is 9.19. The molecule has 0 aliphatic carbocycles. The third-order valence-electron chi connectivity index (χ3n) is 4.19. The lowest BCUT2D eigenvalue weighted by Crippen LogP contribution is -2.27. The first kappa shape index (κ1) is 23.9. The quantitative estimate of drug-likeness (QED) is 0.337. The van der Waals surface area contributed by atoms with Crippen molar-refractivity contribution in [2.45, 2.75) is 25.2 Å². The minimum absolute atomic E-state index is 0.0147. The van der Waals surface area contributed by atoms with Crippen LogP contribution in [0.1, 0.15) is 29.3 Å². The molecule has 0 unspecified atom stereocenters. The van der Waals surface area contributed by atoms with Crippen LogP contribution in [0.4, 0.5) is 0 Å². The molecule has 30 heavy (non-hydrogen) atoms. The predicted molar refractivity (Wildman–Crippen MR) is 111 cm³/mol. The number of methoxy groups -OCH3 is 1. The van der Waals surface area contributed by atoms with Crippen LogP contribution >= 0.6 is 11.8 Å². The van der Waals surface area contributed by atoms with Gasteiger partial charge in [-0.05, 0) is 31.0 Å². The zero-order valence-corrected chi connectivity index (χ0v) is 18.6. The van der Waals surface area contributed by atoms with Gasteiger partial charge in [-0.2, -0.15) is 0 Å². The zero-order valence-electron chi connectivity index (χ0n) is 17.0. The maximum absolute atomic E-state index is 12.4. The summed E-state index contributed by atoms with van der Waals surface area (Å²) in [7, 11) is -2.44. The second-order valence-electron chi connectivity index (χ2n) is 6.31. The molecule has 164 valence electrons. The number of aryl methyl sites for hydroxylation is 1. The van der Waals surface area contributed by atoms with Gasteiger partial charge < -0.3 is 14.4 Å². The van der Waals surface area contributed by atoms with E-state index in [1.807, 2.05) is 0 Å². The maximum Gasteiger partial charge on any atom is 0.338 e. The molecule has 0 saturated carbocycles. The van der Waals surface area contributed by atoms with E-state index in [4.69, 9.17) is 4.74 Å². The normalized spacial score (nSPS) is 15.5. The van der Waals surface area contributed by atoms with E-state index in [9.17, 15) is 22.8 Å². The fourth-order valence-corrected chi connectivity index (χ4v) is 4.68. The van der Waals surface area contributed by atoms with Gasteiger partial charge in [-0.15, -0.1) is 0 Å². The minimum Gasteiger partial charge on any atom is -0.466 e. The molecule has 1 aromatic rings. The number of hydrogen-bond donors (Lipinski definition) is 1. The molecule has 0 atom stereocenters. The summed E-state index contributed by atoms with van der Waals surface area (Å²) in [6.45, 7) is 3.88. The van der Waals surface area contributed by atoms with E-state index in [2.05, 4.69) is 9.46 Å². The molecule has 1 aliphatic rings.